The molecule has 1 amide bonds. The van der Waals surface area contributed by atoms with E-state index in [9.17, 15) is 4.79 Å². The van der Waals surface area contributed by atoms with Gasteiger partial charge in [-0.05, 0) is 49.1 Å². The Morgan fingerprint density at radius 1 is 1.16 bits per heavy atom. The molecule has 0 bridgehead atoms. The molecule has 0 fully saturated rings. The van der Waals surface area contributed by atoms with Crippen LogP contribution in [0.25, 0.3) is 0 Å². The van der Waals surface area contributed by atoms with Crippen LogP contribution in [0.15, 0.2) is 66.3 Å². The lowest BCUT2D eigenvalue weighted by molar-refractivity contribution is -0.113. The first-order valence-corrected chi connectivity index (χ1v) is 11.2. The number of allylic oxidation sites excluding steroid dienone is 1. The number of benzene rings is 2. The number of nitrogens with zero attached hydrogens (tertiary/aromatic N) is 3. The van der Waals surface area contributed by atoms with Crippen LogP contribution in [0.1, 0.15) is 23.4 Å². The van der Waals surface area contributed by atoms with Crippen molar-refractivity contribution in [3.05, 3.63) is 78.1 Å². The largest absolute Gasteiger partial charge is 0.497 e. The molecule has 0 saturated carbocycles. The fraction of sp³-hybridized carbons (Fsp3) is 0.292. The summed E-state index contributed by atoms with van der Waals surface area (Å²) in [6, 6.07) is 15.9. The number of carbonyl (C=O) groups is 1. The Balaban J connectivity index is 1.55. The molecule has 31 heavy (non-hydrogen) atoms. The number of hydrogen-bond donors (Lipinski definition) is 1. The third-order valence-corrected chi connectivity index (χ3v) is 5.85. The van der Waals surface area contributed by atoms with Gasteiger partial charge >= 0.3 is 0 Å². The number of aromatic nitrogens is 3. The molecule has 0 aliphatic rings. The molecule has 0 radical (unpaired) electrons. The van der Waals surface area contributed by atoms with Gasteiger partial charge in [-0.25, -0.2) is 0 Å². The number of amides is 1. The van der Waals surface area contributed by atoms with Gasteiger partial charge in [0.25, 0.3) is 0 Å². The van der Waals surface area contributed by atoms with E-state index in [1.165, 1.54) is 17.3 Å². The topological polar surface area (TPSA) is 69.0 Å². The van der Waals surface area contributed by atoms with Gasteiger partial charge in [-0.15, -0.1) is 16.8 Å². The molecule has 0 aliphatic heterocycles. The lowest BCUT2D eigenvalue weighted by atomic mass is 10.1. The lowest BCUT2D eigenvalue weighted by Gasteiger charge is -2.09. The van der Waals surface area contributed by atoms with Gasteiger partial charge < -0.3 is 14.6 Å². The number of anilines is 1. The predicted molar refractivity (Wildman–Crippen MR) is 126 cm³/mol. The van der Waals surface area contributed by atoms with Crippen LogP contribution >= 0.6 is 11.8 Å². The average Bonchev–Trinajstić information content (AvgIpc) is 3.16. The quantitative estimate of drug-likeness (QED) is 0.349. The minimum absolute atomic E-state index is 0.0616. The van der Waals surface area contributed by atoms with Crippen molar-refractivity contribution < 1.29 is 9.53 Å². The lowest BCUT2D eigenvalue weighted by Crippen LogP contribution is -2.15. The molecule has 6 nitrogen and oxygen atoms in total. The Morgan fingerprint density at radius 3 is 2.65 bits per heavy atom. The number of aryl methyl sites for hydroxylation is 3. The van der Waals surface area contributed by atoms with Crippen LogP contribution in [0.2, 0.25) is 0 Å². The fourth-order valence-corrected chi connectivity index (χ4v) is 3.96. The molecule has 1 N–H and O–H groups in total. The van der Waals surface area contributed by atoms with Gasteiger partial charge in [-0.1, -0.05) is 48.2 Å². The third kappa shape index (κ3) is 6.46. The number of rotatable bonds is 11. The Hall–Kier alpha value is -3.06. The van der Waals surface area contributed by atoms with Crippen molar-refractivity contribution in [2.24, 2.45) is 0 Å². The van der Waals surface area contributed by atoms with Crippen LogP contribution < -0.4 is 10.1 Å². The fourth-order valence-electron chi connectivity index (χ4n) is 3.20. The SMILES string of the molecule is C=CCn1c(CCCc2ccc(OC)cc2)nnc1SCC(=O)Nc1ccccc1C. The summed E-state index contributed by atoms with van der Waals surface area (Å²) in [4.78, 5) is 12.4. The number of ether oxygens (including phenoxy) is 1. The van der Waals surface area contributed by atoms with Gasteiger partial charge in [-0.3, -0.25) is 4.79 Å². The van der Waals surface area contributed by atoms with E-state index in [0.717, 1.165) is 47.2 Å². The second kappa shape index (κ2) is 11.4. The van der Waals surface area contributed by atoms with Gasteiger partial charge in [0, 0.05) is 18.7 Å². The van der Waals surface area contributed by atoms with Crippen molar-refractivity contribution in [1.82, 2.24) is 14.8 Å². The van der Waals surface area contributed by atoms with Crippen LogP contribution in [0.3, 0.4) is 0 Å². The minimum Gasteiger partial charge on any atom is -0.497 e. The summed E-state index contributed by atoms with van der Waals surface area (Å²) >= 11 is 1.39. The summed E-state index contributed by atoms with van der Waals surface area (Å²) in [5.41, 5.74) is 3.13. The van der Waals surface area contributed by atoms with Crippen LogP contribution in [0, 0.1) is 6.92 Å². The normalized spacial score (nSPS) is 10.6. The number of para-hydroxylation sites is 1. The Labute approximate surface area is 187 Å². The predicted octanol–water partition coefficient (Wildman–Crippen LogP) is 4.69. The van der Waals surface area contributed by atoms with Crippen LogP contribution in [-0.4, -0.2) is 33.5 Å². The maximum Gasteiger partial charge on any atom is 0.234 e. The van der Waals surface area contributed by atoms with Gasteiger partial charge in [0.1, 0.15) is 11.6 Å². The second-order valence-corrected chi connectivity index (χ2v) is 8.09. The molecule has 7 heteroatoms. The summed E-state index contributed by atoms with van der Waals surface area (Å²) in [5, 5.41) is 12.4. The second-order valence-electron chi connectivity index (χ2n) is 7.15. The van der Waals surface area contributed by atoms with E-state index in [1.807, 2.05) is 54.0 Å². The van der Waals surface area contributed by atoms with Crippen molar-refractivity contribution in [2.45, 2.75) is 37.9 Å². The molecular weight excluding hydrogens is 408 g/mol. The molecule has 1 heterocycles. The Kier molecular flexibility index (Phi) is 8.29. The maximum absolute atomic E-state index is 12.4. The summed E-state index contributed by atoms with van der Waals surface area (Å²) in [7, 11) is 1.67. The van der Waals surface area contributed by atoms with E-state index in [1.54, 1.807) is 7.11 Å². The molecule has 0 saturated heterocycles. The highest BCUT2D eigenvalue weighted by molar-refractivity contribution is 7.99. The molecular formula is C24H28N4O2S. The summed E-state index contributed by atoms with van der Waals surface area (Å²) < 4.78 is 7.24. The average molecular weight is 437 g/mol. The van der Waals surface area contributed by atoms with Gasteiger partial charge in [-0.2, -0.15) is 0 Å². The van der Waals surface area contributed by atoms with Gasteiger partial charge in [0.05, 0.1) is 12.9 Å². The van der Waals surface area contributed by atoms with E-state index >= 15 is 0 Å². The minimum atomic E-state index is -0.0616. The van der Waals surface area contributed by atoms with Gasteiger partial charge in [0.2, 0.25) is 5.91 Å². The highest BCUT2D eigenvalue weighted by Gasteiger charge is 2.14. The zero-order valence-electron chi connectivity index (χ0n) is 18.0. The van der Waals surface area contributed by atoms with Crippen molar-refractivity contribution in [3.8, 4) is 5.75 Å². The molecule has 2 aromatic carbocycles. The molecule has 3 rings (SSSR count). The highest BCUT2D eigenvalue weighted by atomic mass is 32.2. The van der Waals surface area contributed by atoms with E-state index in [0.29, 0.717) is 6.54 Å². The molecule has 0 unspecified atom stereocenters. The number of hydrogen-bond acceptors (Lipinski definition) is 5. The van der Waals surface area contributed by atoms with Crippen LogP contribution in [0.5, 0.6) is 5.75 Å². The molecule has 162 valence electrons. The highest BCUT2D eigenvalue weighted by Crippen LogP contribution is 2.20. The van der Waals surface area contributed by atoms with E-state index < -0.39 is 0 Å². The first kappa shape index (κ1) is 22.6. The molecule has 1 aromatic heterocycles. The number of thioether (sulfide) groups is 1. The van der Waals surface area contributed by atoms with Gasteiger partial charge in [0.15, 0.2) is 5.16 Å². The number of methoxy groups -OCH3 is 1. The summed E-state index contributed by atoms with van der Waals surface area (Å²) in [5.74, 6) is 1.99. The van der Waals surface area contributed by atoms with Crippen molar-refractivity contribution in [3.63, 3.8) is 0 Å². The smallest absolute Gasteiger partial charge is 0.234 e. The standard InChI is InChI=1S/C24H28N4O2S/c1-4-16-28-22(11-7-9-19-12-14-20(30-3)15-13-19)26-27-24(28)31-17-23(29)25-21-10-6-5-8-18(21)2/h4-6,8,10,12-15H,1,7,9,11,16-17H2,2-3H3,(H,25,29). The first-order chi connectivity index (χ1) is 15.1. The van der Waals surface area contributed by atoms with Crippen LogP contribution in [0.4, 0.5) is 5.69 Å². The monoisotopic (exact) mass is 436 g/mol. The number of carbonyl (C=O) groups excluding carboxylic acids is 1. The van der Waals surface area contributed by atoms with E-state index in [2.05, 4.69) is 34.2 Å². The van der Waals surface area contributed by atoms with Crippen molar-refractivity contribution in [1.29, 1.82) is 0 Å². The van der Waals surface area contributed by atoms with Crippen molar-refractivity contribution in [2.75, 3.05) is 18.2 Å². The summed E-state index contributed by atoms with van der Waals surface area (Å²) in [6.45, 7) is 6.44. The zero-order chi connectivity index (χ0) is 22.1. The molecule has 3 aromatic rings. The number of nitrogens with one attached hydrogen (secondary N) is 1. The Bertz CT molecular complexity index is 1010. The Morgan fingerprint density at radius 2 is 1.94 bits per heavy atom. The van der Waals surface area contributed by atoms with E-state index in [-0.39, 0.29) is 11.7 Å². The molecule has 0 spiro atoms. The van der Waals surface area contributed by atoms with Crippen molar-refractivity contribution >= 4 is 23.4 Å². The van der Waals surface area contributed by atoms with Crippen LogP contribution in [-0.2, 0) is 24.2 Å². The summed E-state index contributed by atoms with van der Waals surface area (Å²) in [6.07, 6.45) is 4.54. The molecule has 0 atom stereocenters. The van der Waals surface area contributed by atoms with E-state index in [4.69, 9.17) is 4.74 Å². The first-order valence-electron chi connectivity index (χ1n) is 10.2. The molecule has 0 aliphatic carbocycles. The maximum atomic E-state index is 12.4. The third-order valence-electron chi connectivity index (χ3n) is 4.88. The zero-order valence-corrected chi connectivity index (χ0v) is 18.8.